The van der Waals surface area contributed by atoms with Crippen LogP contribution < -0.4 is 24.4 Å². The Morgan fingerprint density at radius 2 is 1.77 bits per heavy atom. The molecule has 9 rings (SSSR count). The zero-order valence-corrected chi connectivity index (χ0v) is 40.8. The number of aromatic amines is 1. The number of nitrogens with zero attached hydrogens (tertiary/aromatic N) is 5. The predicted molar refractivity (Wildman–Crippen MR) is 261 cm³/mol. The number of anilines is 2. The van der Waals surface area contributed by atoms with E-state index in [9.17, 15) is 32.8 Å². The van der Waals surface area contributed by atoms with Gasteiger partial charge in [-0.1, -0.05) is 51.5 Å². The van der Waals surface area contributed by atoms with E-state index in [1.165, 1.54) is 42.5 Å². The molecule has 16 nitrogen and oxygen atoms in total. The molecule has 69 heavy (non-hydrogen) atoms. The van der Waals surface area contributed by atoms with Crippen LogP contribution in [0.2, 0.25) is 0 Å². The average molecular weight is 967 g/mol. The van der Waals surface area contributed by atoms with Gasteiger partial charge < -0.3 is 29.8 Å². The molecule has 4 fully saturated rings. The van der Waals surface area contributed by atoms with Crippen molar-refractivity contribution in [3.8, 4) is 17.4 Å². The summed E-state index contributed by atoms with van der Waals surface area (Å²) >= 11 is 0. The molecule has 2 aliphatic carbocycles. The van der Waals surface area contributed by atoms with Gasteiger partial charge in [0.15, 0.2) is 5.75 Å². The number of amides is 1. The van der Waals surface area contributed by atoms with Gasteiger partial charge in [-0.15, -0.1) is 0 Å². The van der Waals surface area contributed by atoms with Crippen LogP contribution in [0.15, 0.2) is 71.9 Å². The van der Waals surface area contributed by atoms with Crippen LogP contribution in [0.4, 0.5) is 21.6 Å². The lowest BCUT2D eigenvalue weighted by atomic mass is 9.70. The van der Waals surface area contributed by atoms with E-state index in [-0.39, 0.29) is 63.1 Å². The molecule has 2 saturated carbocycles. The van der Waals surface area contributed by atoms with E-state index in [1.54, 1.807) is 26.0 Å². The summed E-state index contributed by atoms with van der Waals surface area (Å²) < 4.78 is 56.8. The molecule has 0 radical (unpaired) electrons. The van der Waals surface area contributed by atoms with Crippen molar-refractivity contribution in [3.05, 3.63) is 99.6 Å². The molecule has 2 saturated heterocycles. The number of hydrogen-bond acceptors (Lipinski definition) is 13. The van der Waals surface area contributed by atoms with Crippen LogP contribution >= 0.6 is 0 Å². The Labute approximate surface area is 402 Å². The fraction of sp³-hybridized carbons (Fsp3) is 0.510. The van der Waals surface area contributed by atoms with Crippen molar-refractivity contribution >= 4 is 44.2 Å². The van der Waals surface area contributed by atoms with Gasteiger partial charge in [-0.3, -0.25) is 19.8 Å². The monoisotopic (exact) mass is 966 g/mol. The van der Waals surface area contributed by atoms with Crippen LogP contribution in [0, 0.1) is 27.3 Å². The van der Waals surface area contributed by atoms with Crippen molar-refractivity contribution < 1.29 is 37.1 Å². The molecular formula is C51H63FN8O8S. The molecular weight excluding hydrogens is 904 g/mol. The number of sulfonamides is 1. The lowest BCUT2D eigenvalue weighted by Crippen LogP contribution is -2.63. The maximum absolute atomic E-state index is 14.9. The third-order valence-electron chi connectivity index (χ3n) is 15.0. The molecule has 0 unspecified atom stereocenters. The number of carbonyl (C=O) groups is 1. The first-order valence-electron chi connectivity index (χ1n) is 24.2. The third kappa shape index (κ3) is 10.1. The smallest absolute Gasteiger partial charge is 0.312 e. The highest BCUT2D eigenvalue weighted by Gasteiger charge is 2.49. The Morgan fingerprint density at radius 1 is 1.03 bits per heavy atom. The van der Waals surface area contributed by atoms with Gasteiger partial charge in [-0.05, 0) is 111 Å². The van der Waals surface area contributed by atoms with Gasteiger partial charge in [-0.2, -0.15) is 4.98 Å². The molecule has 2 aromatic carbocycles. The molecule has 3 aromatic heterocycles. The molecule has 2 atom stereocenters. The van der Waals surface area contributed by atoms with E-state index in [0.717, 1.165) is 63.2 Å². The minimum absolute atomic E-state index is 0.000855. The number of fused-ring (bicyclic) bond motifs is 1. The topological polar surface area (TPSA) is 205 Å². The van der Waals surface area contributed by atoms with E-state index < -0.39 is 42.9 Å². The Hall–Kier alpha value is -5.85. The number of hydrogen-bond donors (Lipinski definition) is 4. The average Bonchev–Trinajstić information content (AvgIpc) is 3.93. The molecule has 4 aliphatic rings. The fourth-order valence-corrected chi connectivity index (χ4v) is 12.0. The molecule has 4 N–H and O–H groups in total. The second-order valence-electron chi connectivity index (χ2n) is 20.9. The Kier molecular flexibility index (Phi) is 13.1. The summed E-state index contributed by atoms with van der Waals surface area (Å²) in [5.41, 5.74) is 2.67. The Balaban J connectivity index is 0.934. The highest BCUT2D eigenvalue weighted by molar-refractivity contribution is 7.90. The molecule has 18 heteroatoms. The molecule has 5 heterocycles. The van der Waals surface area contributed by atoms with Gasteiger partial charge in [-0.25, -0.2) is 22.5 Å². The molecule has 1 spiro atoms. The number of nitro groups is 1. The van der Waals surface area contributed by atoms with Crippen molar-refractivity contribution in [2.45, 2.75) is 120 Å². The van der Waals surface area contributed by atoms with E-state index in [2.05, 4.69) is 79.8 Å². The van der Waals surface area contributed by atoms with E-state index in [4.69, 9.17) is 9.47 Å². The van der Waals surface area contributed by atoms with Crippen LogP contribution in [-0.4, -0.2) is 95.2 Å². The molecule has 2 aliphatic heterocycles. The lowest BCUT2D eigenvalue weighted by molar-refractivity contribution is -0.384. The third-order valence-corrected chi connectivity index (χ3v) is 16.3. The number of piperidine rings is 1. The molecule has 5 aromatic rings. The van der Waals surface area contributed by atoms with Crippen LogP contribution in [0.1, 0.15) is 120 Å². The summed E-state index contributed by atoms with van der Waals surface area (Å²) in [5, 5.41) is 25.6. The molecule has 0 bridgehead atoms. The number of ether oxygens (including phenoxy) is 2. The predicted octanol–water partition coefficient (Wildman–Crippen LogP) is 9.20. The van der Waals surface area contributed by atoms with Crippen molar-refractivity contribution in [1.82, 2.24) is 24.6 Å². The minimum atomic E-state index is -4.72. The fourth-order valence-electron chi connectivity index (χ4n) is 11.1. The number of carbonyl (C=O) groups excluding carboxylic acids is 1. The van der Waals surface area contributed by atoms with Crippen LogP contribution in [0.3, 0.4) is 0 Å². The minimum Gasteiger partial charge on any atom is -0.475 e. The lowest BCUT2D eigenvalue weighted by Gasteiger charge is -2.57. The summed E-state index contributed by atoms with van der Waals surface area (Å²) in [4.78, 5) is 41.2. The van der Waals surface area contributed by atoms with Gasteiger partial charge in [0.2, 0.25) is 5.82 Å². The standard InChI is InChI=1S/C51H63FN8O8S/c1-6-67-48-44(26-38-40(52)29-55-45(38)56-48)68-43-24-33(58-22-20-51(21-23-58)30-59(31-51)41-13-9-11-36(41)35-10-7-8-12-39(35)49(2,3)4)14-15-37(43)47(61)57-69(65,66)34-25-42(60(63)64)46(54-28-34)53-27-32-16-18-50(5,62)19-17-32/h7-8,10,12,14-15,24-26,28-29,32,36,41,62H,6,9,11,13,16-23,27,30-31H2,1-5H3,(H,53,54)(H,55,56)(H,57,61)/t32?,36-,41-,50?/m0/s1. The van der Waals surface area contributed by atoms with Crippen molar-refractivity contribution in [2.75, 3.05) is 49.5 Å². The highest BCUT2D eigenvalue weighted by atomic mass is 32.2. The second kappa shape index (κ2) is 18.8. The first-order chi connectivity index (χ1) is 32.8. The first-order valence-corrected chi connectivity index (χ1v) is 25.7. The number of aromatic nitrogens is 3. The van der Waals surface area contributed by atoms with Crippen LogP contribution in [-0.2, 0) is 15.4 Å². The van der Waals surface area contributed by atoms with E-state index in [1.807, 2.05) is 0 Å². The normalized spacial score (nSPS) is 22.9. The van der Waals surface area contributed by atoms with Crippen molar-refractivity contribution in [3.63, 3.8) is 0 Å². The number of benzene rings is 2. The van der Waals surface area contributed by atoms with Crippen molar-refractivity contribution in [2.24, 2.45) is 11.3 Å². The number of halogens is 1. The van der Waals surface area contributed by atoms with Gasteiger partial charge in [0.1, 0.15) is 22.1 Å². The molecule has 1 amide bonds. The number of rotatable bonds is 14. The maximum Gasteiger partial charge on any atom is 0.312 e. The zero-order valence-electron chi connectivity index (χ0n) is 40.0. The van der Waals surface area contributed by atoms with Crippen molar-refractivity contribution in [1.29, 1.82) is 0 Å². The number of aliphatic hydroxyl groups is 1. The van der Waals surface area contributed by atoms with Crippen LogP contribution in [0.5, 0.6) is 17.4 Å². The van der Waals surface area contributed by atoms with Gasteiger partial charge in [0.05, 0.1) is 34.3 Å². The number of nitrogens with one attached hydrogen (secondary N) is 3. The maximum atomic E-state index is 14.9. The Morgan fingerprint density at radius 3 is 2.48 bits per heavy atom. The Bertz CT molecular complexity index is 2840. The summed E-state index contributed by atoms with van der Waals surface area (Å²) in [7, 11) is -4.72. The number of H-pyrrole nitrogens is 1. The quantitative estimate of drug-likeness (QED) is 0.0606. The number of pyridine rings is 2. The van der Waals surface area contributed by atoms with Crippen LogP contribution in [0.25, 0.3) is 11.0 Å². The van der Waals surface area contributed by atoms with E-state index in [0.29, 0.717) is 44.2 Å². The first kappa shape index (κ1) is 48.2. The van der Waals surface area contributed by atoms with Gasteiger partial charge in [0.25, 0.3) is 21.8 Å². The van der Waals surface area contributed by atoms with Gasteiger partial charge >= 0.3 is 5.69 Å². The molecule has 368 valence electrons. The highest BCUT2D eigenvalue weighted by Crippen LogP contribution is 2.49. The largest absolute Gasteiger partial charge is 0.475 e. The zero-order chi connectivity index (χ0) is 48.9. The van der Waals surface area contributed by atoms with E-state index >= 15 is 0 Å². The number of likely N-dealkylation sites (tertiary alicyclic amines) is 1. The summed E-state index contributed by atoms with van der Waals surface area (Å²) in [6.45, 7) is 14.6. The summed E-state index contributed by atoms with van der Waals surface area (Å²) in [6.07, 6.45) is 10.3. The summed E-state index contributed by atoms with van der Waals surface area (Å²) in [5.74, 6) is -1.11. The van der Waals surface area contributed by atoms with Gasteiger partial charge in [0, 0.05) is 68.8 Å². The SMILES string of the molecule is CCOc1nc2[nH]cc(F)c2cc1Oc1cc(N2CCC3(CC2)CN([C@H]2CCC[C@H]2c2ccccc2C(C)(C)C)C3)ccc1C(=O)NS(=O)(=O)c1cnc(NCC2CCC(C)(O)CC2)c([N+](=O)[O-])c1. The second-order valence-corrected chi connectivity index (χ2v) is 22.6. The summed E-state index contributed by atoms with van der Waals surface area (Å²) in [6, 6.07) is 16.6.